The summed E-state index contributed by atoms with van der Waals surface area (Å²) in [6.07, 6.45) is 1.87. The van der Waals surface area contributed by atoms with Crippen molar-refractivity contribution in [3.05, 3.63) is 62.7 Å². The Morgan fingerprint density at radius 3 is 2.55 bits per heavy atom. The fourth-order valence-electron chi connectivity index (χ4n) is 3.91. The second-order valence-corrected chi connectivity index (χ2v) is 8.12. The first kappa shape index (κ1) is 20.5. The summed E-state index contributed by atoms with van der Waals surface area (Å²) in [7, 11) is 0. The highest BCUT2D eigenvalue weighted by Crippen LogP contribution is 2.29. The van der Waals surface area contributed by atoms with Crippen LogP contribution in [0.3, 0.4) is 0 Å². The lowest BCUT2D eigenvalue weighted by Gasteiger charge is -2.28. The molecule has 0 fully saturated rings. The lowest BCUT2D eigenvalue weighted by molar-refractivity contribution is 0.0691. The zero-order valence-corrected chi connectivity index (χ0v) is 18.2. The van der Waals surface area contributed by atoms with Crippen molar-refractivity contribution in [1.29, 1.82) is 0 Å². The molecule has 0 saturated carbocycles. The van der Waals surface area contributed by atoms with Crippen molar-refractivity contribution < 1.29 is 4.79 Å². The summed E-state index contributed by atoms with van der Waals surface area (Å²) >= 11 is 0. The minimum Gasteiger partial charge on any atom is -0.361 e. The van der Waals surface area contributed by atoms with Gasteiger partial charge in [-0.25, -0.2) is 0 Å². The van der Waals surface area contributed by atoms with E-state index < -0.39 is 0 Å². The van der Waals surface area contributed by atoms with Crippen molar-refractivity contribution >= 4 is 16.8 Å². The molecule has 0 aliphatic heterocycles. The molecule has 9 heteroatoms. The lowest BCUT2D eigenvalue weighted by Crippen LogP contribution is -2.38. The maximum absolute atomic E-state index is 13.8. The van der Waals surface area contributed by atoms with Gasteiger partial charge in [-0.1, -0.05) is 0 Å². The van der Waals surface area contributed by atoms with Crippen LogP contribution in [0.5, 0.6) is 0 Å². The molecule has 3 heterocycles. The van der Waals surface area contributed by atoms with Crippen LogP contribution in [0.2, 0.25) is 0 Å². The van der Waals surface area contributed by atoms with Crippen LogP contribution >= 0.6 is 0 Å². The molecule has 3 aromatic heterocycles. The number of carbonyl (C=O) groups excluding carboxylic acids is 1. The maximum atomic E-state index is 13.8. The molecule has 0 aliphatic rings. The highest BCUT2D eigenvalue weighted by atomic mass is 16.2. The van der Waals surface area contributed by atoms with Crippen LogP contribution in [0, 0.1) is 20.8 Å². The molecule has 160 valence electrons. The quantitative estimate of drug-likeness (QED) is 0.459. The van der Waals surface area contributed by atoms with E-state index in [1.807, 2.05) is 52.9 Å². The van der Waals surface area contributed by atoms with Gasteiger partial charge < -0.3 is 14.9 Å². The van der Waals surface area contributed by atoms with Crippen LogP contribution in [0.1, 0.15) is 46.6 Å². The Morgan fingerprint density at radius 1 is 1.13 bits per heavy atom. The average Bonchev–Trinajstić information content (AvgIpc) is 3.36. The summed E-state index contributed by atoms with van der Waals surface area (Å²) < 4.78 is 0. The minimum absolute atomic E-state index is 0.115. The molecule has 1 aromatic carbocycles. The molecular weight excluding hydrogens is 394 g/mol. The van der Waals surface area contributed by atoms with Gasteiger partial charge in [-0.2, -0.15) is 5.21 Å². The molecule has 0 aliphatic carbocycles. The molecule has 0 saturated heterocycles. The van der Waals surface area contributed by atoms with E-state index in [0.717, 1.165) is 27.7 Å². The second kappa shape index (κ2) is 7.82. The Bertz CT molecular complexity index is 1320. The van der Waals surface area contributed by atoms with Gasteiger partial charge in [0.15, 0.2) is 0 Å². The molecule has 0 unspecified atom stereocenters. The molecule has 3 N–H and O–H groups in total. The number of fused-ring (bicyclic) bond motifs is 1. The maximum Gasteiger partial charge on any atom is 0.255 e. The van der Waals surface area contributed by atoms with Crippen molar-refractivity contribution in [2.75, 3.05) is 0 Å². The summed E-state index contributed by atoms with van der Waals surface area (Å²) in [5, 5.41) is 15.0. The SMILES string of the molecule is Cc1cc(C)c(CN(C(=O)c2cc(-c3nn[nH]n3)cc3[nH]cc(C)c23)C(C)C)c(=O)[nH]1. The van der Waals surface area contributed by atoms with Crippen LogP contribution in [-0.4, -0.2) is 47.4 Å². The third-order valence-electron chi connectivity index (χ3n) is 5.52. The van der Waals surface area contributed by atoms with Crippen LogP contribution in [0.15, 0.2) is 29.2 Å². The normalized spacial score (nSPS) is 11.4. The van der Waals surface area contributed by atoms with E-state index in [4.69, 9.17) is 0 Å². The number of amides is 1. The second-order valence-electron chi connectivity index (χ2n) is 8.12. The van der Waals surface area contributed by atoms with Crippen molar-refractivity contribution in [3.63, 3.8) is 0 Å². The third kappa shape index (κ3) is 3.74. The van der Waals surface area contributed by atoms with Crippen molar-refractivity contribution in [2.45, 2.75) is 47.2 Å². The number of aryl methyl sites for hydroxylation is 3. The molecular formula is C22H25N7O2. The van der Waals surface area contributed by atoms with Gasteiger partial charge in [-0.3, -0.25) is 9.59 Å². The van der Waals surface area contributed by atoms with Gasteiger partial charge in [-0.15, -0.1) is 10.2 Å². The number of aromatic amines is 3. The molecule has 1 amide bonds. The molecule has 31 heavy (non-hydrogen) atoms. The Kier molecular flexibility index (Phi) is 5.18. The van der Waals surface area contributed by atoms with Crippen molar-refractivity contribution in [2.24, 2.45) is 0 Å². The molecule has 9 nitrogen and oxygen atoms in total. The lowest BCUT2D eigenvalue weighted by atomic mass is 10.0. The summed E-state index contributed by atoms with van der Waals surface area (Å²) in [6.45, 7) is 9.80. The Morgan fingerprint density at radius 2 is 1.90 bits per heavy atom. The van der Waals surface area contributed by atoms with Crippen LogP contribution in [0.25, 0.3) is 22.3 Å². The van der Waals surface area contributed by atoms with Gasteiger partial charge >= 0.3 is 0 Å². The number of nitrogens with zero attached hydrogens (tertiary/aromatic N) is 4. The first-order chi connectivity index (χ1) is 14.8. The van der Waals surface area contributed by atoms with E-state index in [0.29, 0.717) is 22.5 Å². The molecule has 0 spiro atoms. The molecule has 0 radical (unpaired) electrons. The van der Waals surface area contributed by atoms with E-state index in [9.17, 15) is 9.59 Å². The number of pyridine rings is 1. The van der Waals surface area contributed by atoms with E-state index in [-0.39, 0.29) is 24.1 Å². The molecule has 4 rings (SSSR count). The summed E-state index contributed by atoms with van der Waals surface area (Å²) in [6, 6.07) is 5.50. The molecule has 4 aromatic rings. The van der Waals surface area contributed by atoms with Crippen molar-refractivity contribution in [1.82, 2.24) is 35.5 Å². The van der Waals surface area contributed by atoms with E-state index in [2.05, 4.69) is 30.6 Å². The number of benzene rings is 1. The van der Waals surface area contributed by atoms with Crippen LogP contribution in [-0.2, 0) is 6.54 Å². The third-order valence-corrected chi connectivity index (χ3v) is 5.52. The number of aromatic nitrogens is 6. The number of hydrogen-bond donors (Lipinski definition) is 3. The fraction of sp³-hybridized carbons (Fsp3) is 0.318. The topological polar surface area (TPSA) is 123 Å². The zero-order chi connectivity index (χ0) is 22.3. The summed E-state index contributed by atoms with van der Waals surface area (Å²) in [4.78, 5) is 34.2. The highest BCUT2D eigenvalue weighted by Gasteiger charge is 2.25. The monoisotopic (exact) mass is 419 g/mol. The number of hydrogen-bond acceptors (Lipinski definition) is 5. The number of rotatable bonds is 5. The first-order valence-electron chi connectivity index (χ1n) is 10.1. The molecule has 0 bridgehead atoms. The average molecular weight is 419 g/mol. The highest BCUT2D eigenvalue weighted by molar-refractivity contribution is 6.09. The van der Waals surface area contributed by atoms with Gasteiger partial charge in [-0.05, 0) is 69.2 Å². The summed E-state index contributed by atoms with van der Waals surface area (Å²) in [5.74, 6) is 0.248. The number of nitrogens with one attached hydrogen (secondary N) is 3. The van der Waals surface area contributed by atoms with Gasteiger partial charge in [0, 0.05) is 45.5 Å². The Labute approximate surface area is 178 Å². The van der Waals surface area contributed by atoms with Crippen LogP contribution < -0.4 is 5.56 Å². The number of tetrazole rings is 1. The standard InChI is InChI=1S/C22H25N7O2/c1-11(2)29(10-17-12(3)6-14(5)24-21(17)30)22(31)16-7-15(20-25-27-28-26-20)8-18-19(16)13(4)9-23-18/h6-9,11,23H,10H2,1-5H3,(H,24,30)(H,25,26,27,28). The zero-order valence-electron chi connectivity index (χ0n) is 18.2. The van der Waals surface area contributed by atoms with Crippen molar-refractivity contribution in [3.8, 4) is 11.4 Å². The van der Waals surface area contributed by atoms with Gasteiger partial charge in [0.05, 0.1) is 6.54 Å². The summed E-state index contributed by atoms with van der Waals surface area (Å²) in [5.41, 5.74) is 5.07. The van der Waals surface area contributed by atoms with Gasteiger partial charge in [0.2, 0.25) is 5.82 Å². The predicted octanol–water partition coefficient (Wildman–Crippen LogP) is 3.01. The van der Waals surface area contributed by atoms with E-state index in [1.165, 1.54) is 0 Å². The first-order valence-corrected chi connectivity index (χ1v) is 10.1. The smallest absolute Gasteiger partial charge is 0.255 e. The largest absolute Gasteiger partial charge is 0.361 e. The van der Waals surface area contributed by atoms with Gasteiger partial charge in [0.25, 0.3) is 11.5 Å². The Hall–Kier alpha value is -3.75. The fourth-order valence-corrected chi connectivity index (χ4v) is 3.91. The van der Waals surface area contributed by atoms with E-state index >= 15 is 0 Å². The number of carbonyl (C=O) groups is 1. The Balaban J connectivity index is 1.83. The molecule has 0 atom stereocenters. The number of H-pyrrole nitrogens is 3. The van der Waals surface area contributed by atoms with E-state index in [1.54, 1.807) is 11.0 Å². The predicted molar refractivity (Wildman–Crippen MR) is 118 cm³/mol. The van der Waals surface area contributed by atoms with Gasteiger partial charge in [0.1, 0.15) is 0 Å². The van der Waals surface area contributed by atoms with Crippen LogP contribution in [0.4, 0.5) is 0 Å². The minimum atomic E-state index is -0.167.